The fraction of sp³-hybridized carbons (Fsp3) is 0.500. The molecule has 3 nitrogen and oxygen atoms in total. The van der Waals surface area contributed by atoms with Crippen LogP contribution in [0.3, 0.4) is 0 Å². The lowest BCUT2D eigenvalue weighted by molar-refractivity contribution is 0.315. The molecule has 0 aromatic heterocycles. The van der Waals surface area contributed by atoms with Crippen molar-refractivity contribution in [2.75, 3.05) is 13.2 Å². The zero-order chi connectivity index (χ0) is 10.9. The Morgan fingerprint density at radius 3 is 2.73 bits per heavy atom. The molecule has 1 fully saturated rings. The molecule has 1 aromatic carbocycles. The number of phenolic OH excluding ortho intramolecular Hbond substituents is 1. The van der Waals surface area contributed by atoms with E-state index in [0.717, 1.165) is 18.4 Å². The van der Waals surface area contributed by atoms with E-state index >= 15 is 0 Å². The molecule has 0 atom stereocenters. The number of para-hydroxylation sites is 1. The fourth-order valence-corrected chi connectivity index (χ4v) is 1.96. The van der Waals surface area contributed by atoms with Gasteiger partial charge in [-0.2, -0.15) is 0 Å². The van der Waals surface area contributed by atoms with Crippen LogP contribution in [-0.2, 0) is 5.41 Å². The molecular weight excluding hydrogens is 190 g/mol. The first-order valence-corrected chi connectivity index (χ1v) is 5.39. The van der Waals surface area contributed by atoms with Gasteiger partial charge in [0.2, 0.25) is 0 Å². The zero-order valence-electron chi connectivity index (χ0n) is 8.99. The Morgan fingerprint density at radius 2 is 2.20 bits per heavy atom. The molecule has 15 heavy (non-hydrogen) atoms. The predicted molar refractivity (Wildman–Crippen MR) is 59.2 cm³/mol. The van der Waals surface area contributed by atoms with Gasteiger partial charge in [-0.15, -0.1) is 0 Å². The van der Waals surface area contributed by atoms with E-state index in [-0.39, 0.29) is 11.2 Å². The Labute approximate surface area is 89.9 Å². The quantitative estimate of drug-likeness (QED) is 0.791. The molecule has 0 saturated heterocycles. The minimum absolute atomic E-state index is 0.0111. The Bertz CT molecular complexity index is 359. The van der Waals surface area contributed by atoms with Gasteiger partial charge in [-0.3, -0.25) is 0 Å². The summed E-state index contributed by atoms with van der Waals surface area (Å²) in [4.78, 5) is 0. The summed E-state index contributed by atoms with van der Waals surface area (Å²) in [6.07, 6.45) is 2.12. The highest BCUT2D eigenvalue weighted by molar-refractivity contribution is 5.51. The monoisotopic (exact) mass is 207 g/mol. The molecule has 1 aliphatic rings. The summed E-state index contributed by atoms with van der Waals surface area (Å²) < 4.78 is 5.35. The smallest absolute Gasteiger partial charge is 0.161 e. The maximum Gasteiger partial charge on any atom is 0.161 e. The highest BCUT2D eigenvalue weighted by Gasteiger charge is 2.45. The van der Waals surface area contributed by atoms with E-state index < -0.39 is 0 Å². The molecule has 0 spiro atoms. The van der Waals surface area contributed by atoms with Crippen molar-refractivity contribution >= 4 is 0 Å². The molecule has 0 bridgehead atoms. The Hall–Kier alpha value is -1.22. The Kier molecular flexibility index (Phi) is 2.57. The first kappa shape index (κ1) is 10.3. The molecule has 0 aliphatic heterocycles. The summed E-state index contributed by atoms with van der Waals surface area (Å²) in [7, 11) is 0. The Balaban J connectivity index is 2.36. The van der Waals surface area contributed by atoms with Crippen LogP contribution in [0.25, 0.3) is 0 Å². The van der Waals surface area contributed by atoms with E-state index in [1.54, 1.807) is 6.07 Å². The summed E-state index contributed by atoms with van der Waals surface area (Å²) in [5.41, 5.74) is 6.69. The van der Waals surface area contributed by atoms with Crippen molar-refractivity contribution in [3.63, 3.8) is 0 Å². The van der Waals surface area contributed by atoms with Gasteiger partial charge in [0.1, 0.15) is 0 Å². The number of nitrogens with two attached hydrogens (primary N) is 1. The predicted octanol–water partition coefficient (Wildman–Crippen LogP) is 1.78. The van der Waals surface area contributed by atoms with Crippen LogP contribution in [0.2, 0.25) is 0 Å². The third-order valence-corrected chi connectivity index (χ3v) is 3.11. The highest BCUT2D eigenvalue weighted by Crippen LogP contribution is 2.52. The van der Waals surface area contributed by atoms with E-state index in [2.05, 4.69) is 0 Å². The van der Waals surface area contributed by atoms with Gasteiger partial charge in [0.05, 0.1) is 6.61 Å². The van der Waals surface area contributed by atoms with Gasteiger partial charge in [0.15, 0.2) is 11.5 Å². The van der Waals surface area contributed by atoms with Gasteiger partial charge in [-0.05, 0) is 25.8 Å². The molecule has 82 valence electrons. The molecule has 3 N–H and O–H groups in total. The van der Waals surface area contributed by atoms with Crippen LogP contribution in [0, 0.1) is 0 Å². The van der Waals surface area contributed by atoms with Gasteiger partial charge in [-0.1, -0.05) is 12.1 Å². The standard InChI is InChI=1S/C12H17NO2/c1-2-15-10-5-3-4-9(11(10)14)12(8-13)6-7-12/h3-5,14H,2,6-8,13H2,1H3. The van der Waals surface area contributed by atoms with Crippen LogP contribution in [-0.4, -0.2) is 18.3 Å². The molecule has 0 unspecified atom stereocenters. The first-order chi connectivity index (χ1) is 7.23. The third-order valence-electron chi connectivity index (χ3n) is 3.11. The van der Waals surface area contributed by atoms with Crippen LogP contribution in [0.5, 0.6) is 11.5 Å². The van der Waals surface area contributed by atoms with Crippen LogP contribution in [0.1, 0.15) is 25.3 Å². The van der Waals surface area contributed by atoms with E-state index in [1.165, 1.54) is 0 Å². The van der Waals surface area contributed by atoms with Gasteiger partial charge in [0.25, 0.3) is 0 Å². The van der Waals surface area contributed by atoms with Crippen molar-refractivity contribution in [2.45, 2.75) is 25.2 Å². The second-order valence-electron chi connectivity index (χ2n) is 4.07. The van der Waals surface area contributed by atoms with Crippen molar-refractivity contribution < 1.29 is 9.84 Å². The Morgan fingerprint density at radius 1 is 1.47 bits per heavy atom. The maximum atomic E-state index is 10.0. The number of benzene rings is 1. The molecule has 0 heterocycles. The lowest BCUT2D eigenvalue weighted by Gasteiger charge is -2.16. The van der Waals surface area contributed by atoms with Gasteiger partial charge in [0, 0.05) is 17.5 Å². The molecule has 2 rings (SSSR count). The van der Waals surface area contributed by atoms with Crippen molar-refractivity contribution in [3.8, 4) is 11.5 Å². The van der Waals surface area contributed by atoms with Crippen LogP contribution < -0.4 is 10.5 Å². The number of ether oxygens (including phenoxy) is 1. The second kappa shape index (κ2) is 3.74. The van der Waals surface area contributed by atoms with Gasteiger partial charge < -0.3 is 15.6 Å². The van der Waals surface area contributed by atoms with Crippen molar-refractivity contribution in [1.82, 2.24) is 0 Å². The van der Waals surface area contributed by atoms with E-state index in [9.17, 15) is 5.11 Å². The number of aromatic hydroxyl groups is 1. The van der Waals surface area contributed by atoms with E-state index in [0.29, 0.717) is 18.9 Å². The molecule has 3 heteroatoms. The summed E-state index contributed by atoms with van der Waals surface area (Å²) in [5, 5.41) is 10.0. The average molecular weight is 207 g/mol. The van der Waals surface area contributed by atoms with E-state index in [4.69, 9.17) is 10.5 Å². The number of hydrogen-bond acceptors (Lipinski definition) is 3. The lowest BCUT2D eigenvalue weighted by Crippen LogP contribution is -2.19. The lowest BCUT2D eigenvalue weighted by atomic mass is 9.95. The first-order valence-electron chi connectivity index (χ1n) is 5.39. The van der Waals surface area contributed by atoms with Crippen molar-refractivity contribution in [1.29, 1.82) is 0 Å². The SMILES string of the molecule is CCOc1cccc(C2(CN)CC2)c1O. The molecular formula is C12H17NO2. The maximum absolute atomic E-state index is 10.0. The van der Waals surface area contributed by atoms with Crippen LogP contribution >= 0.6 is 0 Å². The van der Waals surface area contributed by atoms with Crippen LogP contribution in [0.4, 0.5) is 0 Å². The molecule has 0 radical (unpaired) electrons. The van der Waals surface area contributed by atoms with Crippen LogP contribution in [0.15, 0.2) is 18.2 Å². The average Bonchev–Trinajstić information content (AvgIpc) is 3.02. The number of hydrogen-bond donors (Lipinski definition) is 2. The normalized spacial score (nSPS) is 17.5. The topological polar surface area (TPSA) is 55.5 Å². The molecule has 0 amide bonds. The van der Waals surface area contributed by atoms with Crippen molar-refractivity contribution in [2.24, 2.45) is 5.73 Å². The summed E-state index contributed by atoms with van der Waals surface area (Å²) in [6, 6.07) is 5.64. The minimum Gasteiger partial charge on any atom is -0.504 e. The fourth-order valence-electron chi connectivity index (χ4n) is 1.96. The minimum atomic E-state index is 0.0111. The molecule has 1 aliphatic carbocycles. The van der Waals surface area contributed by atoms with E-state index in [1.807, 2.05) is 19.1 Å². The molecule has 1 saturated carbocycles. The van der Waals surface area contributed by atoms with Gasteiger partial charge >= 0.3 is 0 Å². The largest absolute Gasteiger partial charge is 0.504 e. The zero-order valence-corrected chi connectivity index (χ0v) is 8.99. The molecule has 1 aromatic rings. The third kappa shape index (κ3) is 1.67. The highest BCUT2D eigenvalue weighted by atomic mass is 16.5. The van der Waals surface area contributed by atoms with Crippen molar-refractivity contribution in [3.05, 3.63) is 23.8 Å². The summed E-state index contributed by atoms with van der Waals surface area (Å²) in [6.45, 7) is 3.06. The summed E-state index contributed by atoms with van der Waals surface area (Å²) >= 11 is 0. The summed E-state index contributed by atoms with van der Waals surface area (Å²) in [5.74, 6) is 0.831. The second-order valence-corrected chi connectivity index (χ2v) is 4.07. The van der Waals surface area contributed by atoms with Gasteiger partial charge in [-0.25, -0.2) is 0 Å². The number of rotatable bonds is 4. The number of phenols is 1.